The molecule has 2 aromatic rings. The van der Waals surface area contributed by atoms with Crippen LogP contribution in [0.1, 0.15) is 25.3 Å². The van der Waals surface area contributed by atoms with Gasteiger partial charge in [-0.05, 0) is 36.8 Å². The number of anilines is 1. The summed E-state index contributed by atoms with van der Waals surface area (Å²) in [5.41, 5.74) is 9.30. The molecule has 0 bridgehead atoms. The lowest BCUT2D eigenvalue weighted by Crippen LogP contribution is -2.11. The van der Waals surface area contributed by atoms with Crippen LogP contribution in [-0.4, -0.2) is 14.5 Å². The number of hydrogen-bond acceptors (Lipinski definition) is 3. The maximum absolute atomic E-state index is 5.95. The fourth-order valence-electron chi connectivity index (χ4n) is 2.04. The van der Waals surface area contributed by atoms with Gasteiger partial charge in [0, 0.05) is 12.7 Å². The van der Waals surface area contributed by atoms with Crippen molar-refractivity contribution in [3.63, 3.8) is 0 Å². The molecule has 1 fully saturated rings. The molecule has 0 amide bonds. The van der Waals surface area contributed by atoms with Crippen molar-refractivity contribution < 1.29 is 0 Å². The molecule has 0 radical (unpaired) electrons. The first-order chi connectivity index (χ1) is 7.57. The second-order valence-corrected chi connectivity index (χ2v) is 5.22. The van der Waals surface area contributed by atoms with Crippen LogP contribution in [0, 0.1) is 12.3 Å². The van der Waals surface area contributed by atoms with Crippen LogP contribution in [0.25, 0.3) is 11.2 Å². The van der Waals surface area contributed by atoms with Gasteiger partial charge in [-0.2, -0.15) is 0 Å². The molecule has 2 heterocycles. The summed E-state index contributed by atoms with van der Waals surface area (Å²) >= 11 is 0. The first-order valence-electron chi connectivity index (χ1n) is 5.66. The predicted molar refractivity (Wildman–Crippen MR) is 64.0 cm³/mol. The van der Waals surface area contributed by atoms with Gasteiger partial charge in [-0.25, -0.2) is 9.97 Å². The van der Waals surface area contributed by atoms with Crippen LogP contribution in [0.4, 0.5) is 5.95 Å². The zero-order valence-corrected chi connectivity index (χ0v) is 9.70. The second kappa shape index (κ2) is 2.97. The molecule has 0 saturated heterocycles. The molecule has 4 nitrogen and oxygen atoms in total. The Hall–Kier alpha value is -1.58. The molecular weight excluding hydrogens is 200 g/mol. The summed E-state index contributed by atoms with van der Waals surface area (Å²) in [6.45, 7) is 5.24. The minimum absolute atomic E-state index is 0.411. The Morgan fingerprint density at radius 1 is 1.50 bits per heavy atom. The van der Waals surface area contributed by atoms with E-state index >= 15 is 0 Å². The number of hydrogen-bond donors (Lipinski definition) is 1. The molecule has 0 spiro atoms. The lowest BCUT2D eigenvalue weighted by molar-refractivity contribution is 0.475. The van der Waals surface area contributed by atoms with Crippen molar-refractivity contribution >= 4 is 17.1 Å². The first kappa shape index (κ1) is 9.63. The molecule has 0 atom stereocenters. The summed E-state index contributed by atoms with van der Waals surface area (Å²) in [5, 5.41) is 0. The Balaban J connectivity index is 2.12. The lowest BCUT2D eigenvalue weighted by Gasteiger charge is -2.10. The number of nitrogen functional groups attached to an aromatic ring is 1. The van der Waals surface area contributed by atoms with E-state index in [9.17, 15) is 0 Å². The van der Waals surface area contributed by atoms with E-state index in [-0.39, 0.29) is 0 Å². The second-order valence-electron chi connectivity index (χ2n) is 5.22. The Kier molecular flexibility index (Phi) is 1.79. The predicted octanol–water partition coefficient (Wildman–Crippen LogP) is 2.12. The molecule has 4 heteroatoms. The normalized spacial score (nSPS) is 17.9. The van der Waals surface area contributed by atoms with Gasteiger partial charge in [0.25, 0.3) is 0 Å². The standard InChI is InChI=1S/C12H16N4/c1-8-5-9-10(14-6-8)16(11(13)15-9)7-12(2)3-4-12/h5-6H,3-4,7H2,1-2H3,(H2,13,15). The van der Waals surface area contributed by atoms with Crippen LogP contribution in [0.15, 0.2) is 12.3 Å². The molecule has 1 aliphatic rings. The molecule has 0 aliphatic heterocycles. The molecule has 0 aromatic carbocycles. The maximum Gasteiger partial charge on any atom is 0.202 e. The number of aryl methyl sites for hydroxylation is 1. The van der Waals surface area contributed by atoms with Gasteiger partial charge in [0.1, 0.15) is 5.52 Å². The average molecular weight is 216 g/mol. The number of aromatic nitrogens is 3. The highest BCUT2D eigenvalue weighted by Crippen LogP contribution is 2.47. The summed E-state index contributed by atoms with van der Waals surface area (Å²) < 4.78 is 2.04. The first-order valence-corrected chi connectivity index (χ1v) is 5.66. The van der Waals surface area contributed by atoms with Gasteiger partial charge in [-0.15, -0.1) is 0 Å². The summed E-state index contributed by atoms with van der Waals surface area (Å²) in [5.74, 6) is 0.584. The van der Waals surface area contributed by atoms with Crippen LogP contribution in [0.2, 0.25) is 0 Å². The van der Waals surface area contributed by atoms with E-state index in [0.717, 1.165) is 23.3 Å². The van der Waals surface area contributed by atoms with Gasteiger partial charge >= 0.3 is 0 Å². The Bertz CT molecular complexity index is 551. The zero-order chi connectivity index (χ0) is 11.3. The Morgan fingerprint density at radius 3 is 2.94 bits per heavy atom. The van der Waals surface area contributed by atoms with Crippen LogP contribution in [0.5, 0.6) is 0 Å². The van der Waals surface area contributed by atoms with E-state index < -0.39 is 0 Å². The fourth-order valence-corrected chi connectivity index (χ4v) is 2.04. The quantitative estimate of drug-likeness (QED) is 0.836. The number of pyridine rings is 1. The molecule has 1 aliphatic carbocycles. The van der Waals surface area contributed by atoms with Crippen molar-refractivity contribution in [3.05, 3.63) is 17.8 Å². The van der Waals surface area contributed by atoms with Gasteiger partial charge in [-0.1, -0.05) is 6.92 Å². The van der Waals surface area contributed by atoms with Crippen molar-refractivity contribution in [2.45, 2.75) is 33.2 Å². The van der Waals surface area contributed by atoms with Crippen LogP contribution < -0.4 is 5.73 Å². The number of imidazole rings is 1. The van der Waals surface area contributed by atoms with Crippen molar-refractivity contribution in [2.75, 3.05) is 5.73 Å². The molecule has 2 aromatic heterocycles. The smallest absolute Gasteiger partial charge is 0.202 e. The molecule has 3 rings (SSSR count). The van der Waals surface area contributed by atoms with Crippen molar-refractivity contribution in [1.82, 2.24) is 14.5 Å². The van der Waals surface area contributed by atoms with E-state index in [1.807, 2.05) is 23.8 Å². The summed E-state index contributed by atoms with van der Waals surface area (Å²) in [4.78, 5) is 8.80. The fraction of sp³-hybridized carbons (Fsp3) is 0.500. The van der Waals surface area contributed by atoms with Crippen molar-refractivity contribution in [2.24, 2.45) is 5.41 Å². The van der Waals surface area contributed by atoms with Crippen LogP contribution in [0.3, 0.4) is 0 Å². The highest BCUT2D eigenvalue weighted by Gasteiger charge is 2.38. The molecule has 2 N–H and O–H groups in total. The lowest BCUT2D eigenvalue weighted by atomic mass is 10.1. The Labute approximate surface area is 94.5 Å². The summed E-state index contributed by atoms with van der Waals surface area (Å²) in [6, 6.07) is 2.03. The van der Waals surface area contributed by atoms with Crippen LogP contribution >= 0.6 is 0 Å². The highest BCUT2D eigenvalue weighted by atomic mass is 15.2. The van der Waals surface area contributed by atoms with Crippen molar-refractivity contribution in [1.29, 1.82) is 0 Å². The van der Waals surface area contributed by atoms with E-state index in [1.54, 1.807) is 0 Å². The maximum atomic E-state index is 5.95. The highest BCUT2D eigenvalue weighted by molar-refractivity contribution is 5.74. The minimum Gasteiger partial charge on any atom is -0.369 e. The SMILES string of the molecule is Cc1cnc2c(c1)nc(N)n2CC1(C)CC1. The third kappa shape index (κ3) is 1.45. The third-order valence-electron chi connectivity index (χ3n) is 3.39. The molecular formula is C12H16N4. The van der Waals surface area contributed by atoms with Gasteiger partial charge in [0.2, 0.25) is 5.95 Å². The van der Waals surface area contributed by atoms with E-state index in [0.29, 0.717) is 11.4 Å². The van der Waals surface area contributed by atoms with E-state index in [2.05, 4.69) is 16.9 Å². The van der Waals surface area contributed by atoms with E-state index in [1.165, 1.54) is 12.8 Å². The van der Waals surface area contributed by atoms with Gasteiger partial charge < -0.3 is 5.73 Å². The largest absolute Gasteiger partial charge is 0.369 e. The number of rotatable bonds is 2. The Morgan fingerprint density at radius 2 is 2.25 bits per heavy atom. The van der Waals surface area contributed by atoms with Gasteiger partial charge in [0.15, 0.2) is 5.65 Å². The van der Waals surface area contributed by atoms with Crippen LogP contribution in [-0.2, 0) is 6.54 Å². The summed E-state index contributed by atoms with van der Waals surface area (Å²) in [7, 11) is 0. The average Bonchev–Trinajstić information content (AvgIpc) is 2.86. The minimum atomic E-state index is 0.411. The van der Waals surface area contributed by atoms with E-state index in [4.69, 9.17) is 5.73 Å². The van der Waals surface area contributed by atoms with Gasteiger partial charge in [-0.3, -0.25) is 4.57 Å². The zero-order valence-electron chi connectivity index (χ0n) is 9.70. The number of nitrogens with zero attached hydrogens (tertiary/aromatic N) is 3. The topological polar surface area (TPSA) is 56.7 Å². The molecule has 1 saturated carbocycles. The van der Waals surface area contributed by atoms with Gasteiger partial charge in [0.05, 0.1) is 0 Å². The monoisotopic (exact) mass is 216 g/mol. The molecule has 84 valence electrons. The number of nitrogens with two attached hydrogens (primary N) is 1. The third-order valence-corrected chi connectivity index (χ3v) is 3.39. The van der Waals surface area contributed by atoms with Crippen molar-refractivity contribution in [3.8, 4) is 0 Å². The molecule has 16 heavy (non-hydrogen) atoms. The molecule has 0 unspecified atom stereocenters. The summed E-state index contributed by atoms with van der Waals surface area (Å²) in [6.07, 6.45) is 4.42. The number of fused-ring (bicyclic) bond motifs is 1.